The number of halogens is 1. The van der Waals surface area contributed by atoms with Gasteiger partial charge >= 0.3 is 5.97 Å². The molecule has 132 valence electrons. The summed E-state index contributed by atoms with van der Waals surface area (Å²) in [5.74, 6) is -0.0447. The summed E-state index contributed by atoms with van der Waals surface area (Å²) in [6.07, 6.45) is 3.92. The third-order valence-corrected chi connectivity index (χ3v) is 5.27. The lowest BCUT2D eigenvalue weighted by atomic mass is 9.99. The number of esters is 1. The molecule has 1 aromatic heterocycles. The molecule has 3 aromatic rings. The maximum atomic E-state index is 13.3. The number of aromatic nitrogens is 1. The minimum atomic E-state index is -0.404. The van der Waals surface area contributed by atoms with Crippen LogP contribution < -0.4 is 5.32 Å². The number of hydrogen-bond acceptors (Lipinski definition) is 5. The van der Waals surface area contributed by atoms with E-state index >= 15 is 0 Å². The van der Waals surface area contributed by atoms with E-state index in [4.69, 9.17) is 4.74 Å². The van der Waals surface area contributed by atoms with Gasteiger partial charge in [-0.15, -0.1) is 0 Å². The molecule has 26 heavy (non-hydrogen) atoms. The van der Waals surface area contributed by atoms with Crippen LogP contribution in [0, 0.1) is 5.82 Å². The number of benzene rings is 2. The molecule has 4 rings (SSSR count). The van der Waals surface area contributed by atoms with E-state index in [1.165, 1.54) is 55.2 Å². The summed E-state index contributed by atoms with van der Waals surface area (Å²) in [7, 11) is 1.35. The van der Waals surface area contributed by atoms with E-state index in [-0.39, 0.29) is 5.82 Å². The Bertz CT molecular complexity index is 949. The van der Waals surface area contributed by atoms with Crippen LogP contribution in [0.1, 0.15) is 34.0 Å². The molecule has 0 saturated heterocycles. The minimum Gasteiger partial charge on any atom is -0.465 e. The summed E-state index contributed by atoms with van der Waals surface area (Å²) in [6.45, 7) is 0. The first kappa shape index (κ1) is 16.7. The topological polar surface area (TPSA) is 51.2 Å². The second-order valence-corrected chi connectivity index (χ2v) is 7.26. The van der Waals surface area contributed by atoms with E-state index < -0.39 is 5.97 Å². The predicted molar refractivity (Wildman–Crippen MR) is 101 cm³/mol. The van der Waals surface area contributed by atoms with Gasteiger partial charge in [-0.05, 0) is 54.2 Å². The quantitative estimate of drug-likeness (QED) is 0.616. The lowest BCUT2D eigenvalue weighted by Crippen LogP contribution is -1.97. The molecule has 0 radical (unpaired) electrons. The van der Waals surface area contributed by atoms with Crippen molar-refractivity contribution in [3.05, 3.63) is 64.9 Å². The molecule has 0 unspecified atom stereocenters. The van der Waals surface area contributed by atoms with Gasteiger partial charge in [-0.3, -0.25) is 0 Å². The van der Waals surface area contributed by atoms with Crippen molar-refractivity contribution in [2.45, 2.75) is 18.8 Å². The highest BCUT2D eigenvalue weighted by Gasteiger charge is 2.24. The predicted octanol–water partition coefficient (Wildman–Crippen LogP) is 5.36. The Hall–Kier alpha value is -2.73. The first-order valence-electron chi connectivity index (χ1n) is 8.35. The molecular weight excluding hydrogens is 351 g/mol. The van der Waals surface area contributed by atoms with Crippen molar-refractivity contribution in [2.24, 2.45) is 0 Å². The Labute approximate surface area is 154 Å². The highest BCUT2D eigenvalue weighted by Crippen LogP contribution is 2.43. The molecule has 1 aliphatic carbocycles. The molecule has 1 fully saturated rings. The summed E-state index contributed by atoms with van der Waals surface area (Å²) in [5.41, 5.74) is 4.08. The van der Waals surface area contributed by atoms with E-state index in [2.05, 4.69) is 22.4 Å². The lowest BCUT2D eigenvalue weighted by molar-refractivity contribution is 0.0606. The van der Waals surface area contributed by atoms with E-state index in [1.807, 2.05) is 6.07 Å². The maximum absolute atomic E-state index is 13.3. The number of nitrogens with zero attached hydrogens (tertiary/aromatic N) is 1. The van der Waals surface area contributed by atoms with Crippen LogP contribution in [0.5, 0.6) is 0 Å². The molecule has 4 nitrogen and oxygen atoms in total. The van der Waals surface area contributed by atoms with Crippen molar-refractivity contribution in [3.63, 3.8) is 0 Å². The smallest absolute Gasteiger partial charge is 0.349 e. The number of ether oxygens (including phenoxy) is 1. The van der Waals surface area contributed by atoms with Crippen molar-refractivity contribution >= 4 is 28.1 Å². The number of rotatable bonds is 5. The molecule has 0 amide bonds. The van der Waals surface area contributed by atoms with Gasteiger partial charge in [0, 0.05) is 11.3 Å². The van der Waals surface area contributed by atoms with Gasteiger partial charge in [0.25, 0.3) is 0 Å². The molecule has 1 heterocycles. The van der Waals surface area contributed by atoms with E-state index in [1.54, 1.807) is 12.1 Å². The summed E-state index contributed by atoms with van der Waals surface area (Å²) >= 11 is 1.23. The lowest BCUT2D eigenvalue weighted by Gasteiger charge is -2.13. The molecule has 0 atom stereocenters. The van der Waals surface area contributed by atoms with Crippen molar-refractivity contribution in [1.82, 2.24) is 4.98 Å². The number of methoxy groups -OCH3 is 1. The summed E-state index contributed by atoms with van der Waals surface area (Å²) in [6, 6.07) is 12.8. The summed E-state index contributed by atoms with van der Waals surface area (Å²) in [5, 5.41) is 3.88. The third-order valence-electron chi connectivity index (χ3n) is 4.38. The van der Waals surface area contributed by atoms with Crippen molar-refractivity contribution in [3.8, 4) is 11.1 Å². The van der Waals surface area contributed by atoms with Crippen LogP contribution in [0.25, 0.3) is 11.1 Å². The molecular formula is C20H17FN2O2S. The van der Waals surface area contributed by atoms with E-state index in [0.717, 1.165) is 16.8 Å². The average Bonchev–Trinajstić information content (AvgIpc) is 3.41. The zero-order valence-electron chi connectivity index (χ0n) is 14.2. The minimum absolute atomic E-state index is 0.260. The Balaban J connectivity index is 1.69. The maximum Gasteiger partial charge on any atom is 0.349 e. The summed E-state index contributed by atoms with van der Waals surface area (Å²) < 4.78 is 18.0. The largest absolute Gasteiger partial charge is 0.465 e. The molecule has 1 N–H and O–H groups in total. The number of thiazole rings is 1. The number of nitrogens with one attached hydrogen (secondary N) is 1. The number of hydrogen-bond donors (Lipinski definition) is 1. The van der Waals surface area contributed by atoms with Gasteiger partial charge in [0.2, 0.25) is 0 Å². The normalized spacial score (nSPS) is 13.5. The van der Waals surface area contributed by atoms with Crippen molar-refractivity contribution in [2.75, 3.05) is 12.4 Å². The van der Waals surface area contributed by atoms with E-state index in [0.29, 0.717) is 15.9 Å². The Morgan fingerprint density at radius 3 is 2.69 bits per heavy atom. The second-order valence-electron chi connectivity index (χ2n) is 6.23. The van der Waals surface area contributed by atoms with Crippen LogP contribution in [-0.4, -0.2) is 18.1 Å². The molecule has 6 heteroatoms. The SMILES string of the molecule is COC(=O)c1cnc(Nc2ccc(C3CC3)cc2-c2ccc(F)cc2)s1. The van der Waals surface area contributed by atoms with Gasteiger partial charge in [-0.2, -0.15) is 0 Å². The highest BCUT2D eigenvalue weighted by atomic mass is 32.1. The Morgan fingerprint density at radius 1 is 1.23 bits per heavy atom. The molecule has 0 aliphatic heterocycles. The first-order valence-corrected chi connectivity index (χ1v) is 9.17. The molecule has 0 bridgehead atoms. The van der Waals surface area contributed by atoms with Gasteiger partial charge in [-0.1, -0.05) is 29.5 Å². The molecule has 1 saturated carbocycles. The zero-order valence-corrected chi connectivity index (χ0v) is 15.0. The van der Waals surface area contributed by atoms with Gasteiger partial charge in [0.05, 0.1) is 13.3 Å². The summed E-state index contributed by atoms with van der Waals surface area (Å²) in [4.78, 5) is 16.3. The van der Waals surface area contributed by atoms with Crippen LogP contribution >= 0.6 is 11.3 Å². The number of carbonyl (C=O) groups excluding carboxylic acids is 1. The van der Waals surface area contributed by atoms with Crippen LogP contribution in [-0.2, 0) is 4.74 Å². The van der Waals surface area contributed by atoms with Crippen LogP contribution in [0.3, 0.4) is 0 Å². The molecule has 2 aromatic carbocycles. The molecule has 1 aliphatic rings. The van der Waals surface area contributed by atoms with Crippen LogP contribution in [0.15, 0.2) is 48.7 Å². The number of carbonyl (C=O) groups is 1. The second kappa shape index (κ2) is 6.88. The number of anilines is 2. The van der Waals surface area contributed by atoms with Gasteiger partial charge in [0.1, 0.15) is 10.7 Å². The monoisotopic (exact) mass is 368 g/mol. The first-order chi connectivity index (χ1) is 12.6. The fourth-order valence-electron chi connectivity index (χ4n) is 2.85. The zero-order chi connectivity index (χ0) is 18.1. The highest BCUT2D eigenvalue weighted by molar-refractivity contribution is 7.17. The van der Waals surface area contributed by atoms with Crippen molar-refractivity contribution < 1.29 is 13.9 Å². The Morgan fingerprint density at radius 2 is 2.00 bits per heavy atom. The van der Waals surface area contributed by atoms with E-state index in [9.17, 15) is 9.18 Å². The van der Waals surface area contributed by atoms with Crippen LogP contribution in [0.2, 0.25) is 0 Å². The van der Waals surface area contributed by atoms with Gasteiger partial charge in [-0.25, -0.2) is 14.2 Å². The fourth-order valence-corrected chi connectivity index (χ4v) is 3.60. The van der Waals surface area contributed by atoms with Crippen LogP contribution in [0.4, 0.5) is 15.2 Å². The van der Waals surface area contributed by atoms with Gasteiger partial charge in [0.15, 0.2) is 5.13 Å². The third kappa shape index (κ3) is 3.46. The van der Waals surface area contributed by atoms with Crippen molar-refractivity contribution in [1.29, 1.82) is 0 Å². The standard InChI is InChI=1S/C20H17FN2O2S/c1-25-19(24)18-11-22-20(26-18)23-17-9-6-14(12-2-3-12)10-16(17)13-4-7-15(21)8-5-13/h4-12H,2-3H2,1H3,(H,22,23). The van der Waals surface area contributed by atoms with Gasteiger partial charge < -0.3 is 10.1 Å². The Kier molecular flexibility index (Phi) is 4.42. The average molecular weight is 368 g/mol. The fraction of sp³-hybridized carbons (Fsp3) is 0.200. The molecule has 0 spiro atoms.